The number of amides is 2. The Morgan fingerprint density at radius 3 is 1.41 bits per heavy atom. The molecule has 107 heavy (non-hydrogen) atoms. The zero-order chi connectivity index (χ0) is 76.3. The first-order valence-corrected chi connectivity index (χ1v) is 45.8. The molecular weight excluding hydrogens is 1450 g/mol. The fourth-order valence-corrected chi connectivity index (χ4v) is 19.6. The van der Waals surface area contributed by atoms with Gasteiger partial charge in [-0.2, -0.15) is 15.0 Å². The van der Waals surface area contributed by atoms with Crippen molar-refractivity contribution in [2.75, 3.05) is 37.1 Å². The van der Waals surface area contributed by atoms with Gasteiger partial charge in [0.25, 0.3) is 20.3 Å². The topological polar surface area (TPSA) is 294 Å². The van der Waals surface area contributed by atoms with Crippen molar-refractivity contribution in [3.8, 4) is 12.1 Å². The molecule has 2 aliphatic heterocycles. The number of anilines is 2. The smallest absolute Gasteiger partial charge is 0.312 e. The van der Waals surface area contributed by atoms with E-state index in [0.29, 0.717) is 33.5 Å². The molecule has 2 amide bonds. The molecule has 564 valence electrons. The molecule has 6 heterocycles. The number of ether oxygens (including phenoxy) is 2. The highest BCUT2D eigenvalue weighted by Gasteiger charge is 2.56. The number of nitrogens with zero attached hydrogens (tertiary/aromatic N) is 11. The van der Waals surface area contributed by atoms with Gasteiger partial charge in [0.1, 0.15) is 43.7 Å². The van der Waals surface area contributed by atoms with Crippen LogP contribution in [0.15, 0.2) is 177 Å². The lowest BCUT2D eigenvalue weighted by atomic mass is 9.76. The third kappa shape index (κ3) is 18.4. The van der Waals surface area contributed by atoms with Crippen LogP contribution in [0.25, 0.3) is 22.3 Å². The Morgan fingerprint density at radius 2 is 0.991 bits per heavy atom. The van der Waals surface area contributed by atoms with Crippen molar-refractivity contribution in [3.63, 3.8) is 0 Å². The molecule has 11 atom stereocenters. The molecule has 25 nitrogen and oxygen atoms in total. The van der Waals surface area contributed by atoms with Crippen molar-refractivity contribution < 1.29 is 45.7 Å². The molecule has 0 spiro atoms. The molecule has 2 fully saturated rings. The molecule has 0 radical (unpaired) electrons. The van der Waals surface area contributed by atoms with E-state index in [4.69, 9.17) is 56.0 Å². The molecule has 4 aromatic heterocycles. The van der Waals surface area contributed by atoms with E-state index in [1.165, 1.54) is 12.7 Å². The number of hydrogen-bond acceptors (Lipinski definition) is 20. The molecule has 0 bridgehead atoms. The van der Waals surface area contributed by atoms with Gasteiger partial charge < -0.3 is 38.0 Å². The average Bonchev–Trinajstić information content (AvgIpc) is 1.69. The molecule has 2 saturated heterocycles. The van der Waals surface area contributed by atoms with Crippen molar-refractivity contribution in [2.24, 2.45) is 0 Å². The first-order valence-electron chi connectivity index (χ1n) is 36.0. The maximum Gasteiger partial charge on any atom is 0.312 e. The van der Waals surface area contributed by atoms with E-state index in [1.54, 1.807) is 61.2 Å². The van der Waals surface area contributed by atoms with E-state index in [0.717, 1.165) is 16.7 Å². The van der Waals surface area contributed by atoms with Gasteiger partial charge in [0.15, 0.2) is 63.1 Å². The molecule has 5 aromatic carbocycles. The van der Waals surface area contributed by atoms with E-state index in [2.05, 4.69) is 179 Å². The largest absolute Gasteiger partial charge is 0.408 e. The number of imidazole rings is 2. The van der Waals surface area contributed by atoms with Crippen LogP contribution in [0, 0.1) is 22.7 Å². The molecular formula is C77H98N15O10P2SSi2+. The maximum absolute atomic E-state index is 13.8. The summed E-state index contributed by atoms with van der Waals surface area (Å²) in [6.45, 7) is 30.4. The molecule has 0 saturated carbocycles. The summed E-state index contributed by atoms with van der Waals surface area (Å²) in [5.41, 5.74) is 4.16. The molecule has 9 aromatic rings. The van der Waals surface area contributed by atoms with Crippen LogP contribution in [0.3, 0.4) is 0 Å². The molecule has 2 aliphatic rings. The third-order valence-corrected chi connectivity index (χ3v) is 33.9. The summed E-state index contributed by atoms with van der Waals surface area (Å²) >= 11 is 0. The van der Waals surface area contributed by atoms with Crippen LogP contribution < -0.4 is 20.7 Å². The minimum Gasteiger partial charge on any atom is -0.408 e. The molecule has 4 N–H and O–H groups in total. The van der Waals surface area contributed by atoms with E-state index in [-0.39, 0.29) is 84.9 Å². The minimum absolute atomic E-state index is 0.00913. The second-order valence-corrected chi connectivity index (χ2v) is 44.0. The number of hydrogen-bond donors (Lipinski definition) is 4. The summed E-state index contributed by atoms with van der Waals surface area (Å²) in [7, 11) is -9.17. The summed E-state index contributed by atoms with van der Waals surface area (Å²) in [6.07, 6.45) is 1.23. The lowest BCUT2D eigenvalue weighted by Crippen LogP contribution is -2.59. The Balaban J connectivity index is 1.04. The fourth-order valence-electron chi connectivity index (χ4n) is 12.7. The number of nitrogens with one attached hydrogen (secondary N) is 4. The van der Waals surface area contributed by atoms with E-state index >= 15 is 0 Å². The predicted octanol–water partition coefficient (Wildman–Crippen LogP) is 14.9. The highest BCUT2D eigenvalue weighted by molar-refractivity contribution is 8.15. The van der Waals surface area contributed by atoms with Crippen LogP contribution >= 0.6 is 16.1 Å². The van der Waals surface area contributed by atoms with E-state index in [9.17, 15) is 20.1 Å². The first kappa shape index (κ1) is 80.2. The van der Waals surface area contributed by atoms with E-state index in [1.807, 2.05) is 75.9 Å². The van der Waals surface area contributed by atoms with Crippen molar-refractivity contribution in [1.82, 2.24) is 53.7 Å². The monoisotopic (exact) mass is 1540 g/mol. The highest BCUT2D eigenvalue weighted by atomic mass is 32.5. The second-order valence-electron chi connectivity index (χ2n) is 29.9. The number of rotatable bonds is 32. The van der Waals surface area contributed by atoms with Gasteiger partial charge in [-0.1, -0.05) is 169 Å². The molecule has 3 unspecified atom stereocenters. The van der Waals surface area contributed by atoms with Crippen LogP contribution in [0.1, 0.15) is 132 Å². The number of aromatic nitrogens is 8. The SMILES string of the molecule is CC(C)N(C(C)C)P(OCCC#N)OC[C@H]1O[C@@H](n2cnc3c(NC(=O)c4ccccc4)ncnc32)[C@H](O[Si](C)(C)C(C)(C)C)[C@@H]1NS(OCCC#N)=[PH+]OC[C@H]1O[C@@H](n2cnc3c(NC(=O)c4ccccc4)ncnc32)[C@H](O[Si](C)(C)C(C)(C)C)[C@@H]1NC(c1ccccc1)(c1ccccc1)c1ccccc1. The third-order valence-electron chi connectivity index (χ3n) is 20.0. The van der Waals surface area contributed by atoms with Crippen LogP contribution in [0.2, 0.25) is 36.3 Å². The van der Waals surface area contributed by atoms with Crippen LogP contribution in [-0.4, -0.2) is 147 Å². The van der Waals surface area contributed by atoms with Crippen molar-refractivity contribution in [2.45, 2.75) is 185 Å². The Labute approximate surface area is 634 Å². The standard InChI is InChI=1S/C77H97N15O10P2SSi2/c1-52(2)92(53(3)4)104(96-44-30-42-78)97-47-60-62(66(102-107(13,14)76(8,9)10)74(100-60)91-51-85-64-68(81-49-83-70(64)91)87-72(94)55-34-22-16-23-35-55)89-105(98-45-31-43-79)103-95-46-59-61(88-77(56-36-24-17-25-37-56,57-38-26-18-27-39-57)58-40-28-19-29-41-58)65(101-106(11,12)75(5,6)7)73(99-59)90-50-84-63-67(80-48-82-69(63)90)86-71(93)54-32-20-15-21-33-54/h15-29,32-41,48-53,59-62,65-66,73-74,88-89H,30-31,44-47H2,1-14H3,(H,80,82,86,93)(H,81,83,87,94)/p+1/t59-,60-,61-,62-,65-,66-,73-,74-,104?,105?/m1/s1. The van der Waals surface area contributed by atoms with Crippen LogP contribution in [0.4, 0.5) is 11.6 Å². The van der Waals surface area contributed by atoms with Gasteiger partial charge in [0, 0.05) is 23.2 Å². The number of benzene rings is 5. The highest BCUT2D eigenvalue weighted by Crippen LogP contribution is 2.50. The number of nitriles is 2. The summed E-state index contributed by atoms with van der Waals surface area (Å²) in [5, 5.41) is 29.6. The Kier molecular flexibility index (Phi) is 26.4. The second kappa shape index (κ2) is 35.3. The molecule has 30 heteroatoms. The van der Waals surface area contributed by atoms with Gasteiger partial charge in [-0.05, 0) is 105 Å². The quantitative estimate of drug-likeness (QED) is 0.0132. The van der Waals surface area contributed by atoms with Crippen molar-refractivity contribution in [3.05, 3.63) is 205 Å². The fraction of sp³-hybridized carbons (Fsp3) is 0.429. The minimum atomic E-state index is -2.80. The predicted molar refractivity (Wildman–Crippen MR) is 423 cm³/mol. The van der Waals surface area contributed by atoms with Gasteiger partial charge in [-0.15, -0.1) is 0 Å². The lowest BCUT2D eigenvalue weighted by molar-refractivity contribution is -0.0446. The van der Waals surface area contributed by atoms with Crippen molar-refractivity contribution >= 4 is 89.1 Å². The zero-order valence-electron chi connectivity index (χ0n) is 63.1. The Hall–Kier alpha value is -7.81. The first-order chi connectivity index (χ1) is 51.2. The number of carbonyl (C=O) groups is 2. The summed E-state index contributed by atoms with van der Waals surface area (Å²) in [5.74, 6) is -0.308. The van der Waals surface area contributed by atoms with Gasteiger partial charge in [-0.25, -0.2) is 39.3 Å². The summed E-state index contributed by atoms with van der Waals surface area (Å²) in [6, 6.07) is 52.0. The van der Waals surface area contributed by atoms with Gasteiger partial charge in [0.2, 0.25) is 10.5 Å². The van der Waals surface area contributed by atoms with Crippen molar-refractivity contribution in [1.29, 1.82) is 10.5 Å². The van der Waals surface area contributed by atoms with E-state index < -0.39 is 97.8 Å². The maximum atomic E-state index is 13.8. The summed E-state index contributed by atoms with van der Waals surface area (Å²) < 4.78 is 67.9. The van der Waals surface area contributed by atoms with Gasteiger partial charge >= 0.3 is 7.58 Å². The number of carbonyl (C=O) groups excluding carboxylic acids is 2. The average molecular weight is 1540 g/mol. The molecule has 11 rings (SSSR count). The van der Waals surface area contributed by atoms with Gasteiger partial charge in [-0.3, -0.25) is 28.2 Å². The summed E-state index contributed by atoms with van der Waals surface area (Å²) in [4.78, 5) is 56.1. The lowest BCUT2D eigenvalue weighted by Gasteiger charge is -2.44. The van der Waals surface area contributed by atoms with Gasteiger partial charge in [0.05, 0.1) is 75.1 Å². The van der Waals surface area contributed by atoms with Crippen LogP contribution in [0.5, 0.6) is 0 Å². The zero-order valence-corrected chi connectivity index (χ0v) is 67.8. The van der Waals surface area contributed by atoms with Crippen LogP contribution in [-0.2, 0) is 52.2 Å². The normalized spacial score (nSPS) is 20.1. The Bertz CT molecular complexity index is 4470. The molecule has 0 aliphatic carbocycles. The Morgan fingerprint density at radius 1 is 0.579 bits per heavy atom. The number of fused-ring (bicyclic) bond motifs is 2.